The van der Waals surface area contributed by atoms with E-state index in [4.69, 9.17) is 5.11 Å². The first-order valence-corrected chi connectivity index (χ1v) is 6.67. The van der Waals surface area contributed by atoms with E-state index in [1.54, 1.807) is 0 Å². The van der Waals surface area contributed by atoms with Crippen molar-refractivity contribution >= 4 is 5.97 Å². The maximum atomic E-state index is 10.9. The zero-order chi connectivity index (χ0) is 13.7. The minimum absolute atomic E-state index is 0.134. The van der Waals surface area contributed by atoms with Crippen LogP contribution in [0.2, 0.25) is 0 Å². The van der Waals surface area contributed by atoms with E-state index >= 15 is 0 Å². The van der Waals surface area contributed by atoms with Crippen molar-refractivity contribution in [2.75, 3.05) is 53.9 Å². The number of nitrogens with zero attached hydrogens (tertiary/aromatic N) is 3. The van der Waals surface area contributed by atoms with Crippen LogP contribution in [0.25, 0.3) is 0 Å². The molecule has 0 radical (unpaired) electrons. The fraction of sp³-hybridized carbons (Fsp3) is 0.923. The summed E-state index contributed by atoms with van der Waals surface area (Å²) in [4.78, 5) is 17.7. The van der Waals surface area contributed by atoms with Crippen LogP contribution < -0.4 is 0 Å². The molecule has 1 aliphatic heterocycles. The van der Waals surface area contributed by atoms with Crippen LogP contribution in [0.5, 0.6) is 0 Å². The van der Waals surface area contributed by atoms with E-state index in [1.165, 1.54) is 0 Å². The highest BCUT2D eigenvalue weighted by Crippen LogP contribution is 2.14. The zero-order valence-corrected chi connectivity index (χ0v) is 12.1. The lowest BCUT2D eigenvalue weighted by atomic mass is 10.1. The Kier molecular flexibility index (Phi) is 6.05. The van der Waals surface area contributed by atoms with Crippen molar-refractivity contribution in [2.24, 2.45) is 5.92 Å². The number of hydrogen-bond acceptors (Lipinski definition) is 4. The largest absolute Gasteiger partial charge is 0.481 e. The van der Waals surface area contributed by atoms with Crippen LogP contribution in [0.3, 0.4) is 0 Å². The second-order valence-corrected chi connectivity index (χ2v) is 5.86. The maximum absolute atomic E-state index is 10.9. The molecule has 2 unspecified atom stereocenters. The molecule has 1 aliphatic rings. The van der Waals surface area contributed by atoms with Crippen LogP contribution in [0.1, 0.15) is 13.3 Å². The minimum atomic E-state index is -0.700. The molecular weight excluding hydrogens is 230 g/mol. The van der Waals surface area contributed by atoms with Crippen LogP contribution in [-0.2, 0) is 4.79 Å². The number of likely N-dealkylation sites (N-methyl/N-ethyl adjacent to an activating group) is 2. The molecule has 0 amide bonds. The molecule has 5 heteroatoms. The van der Waals surface area contributed by atoms with Gasteiger partial charge in [-0.15, -0.1) is 0 Å². The Bertz CT molecular complexity index is 271. The molecule has 18 heavy (non-hydrogen) atoms. The zero-order valence-electron chi connectivity index (χ0n) is 12.1. The molecule has 1 N–H and O–H groups in total. The molecule has 0 saturated carbocycles. The first-order valence-electron chi connectivity index (χ1n) is 6.67. The van der Waals surface area contributed by atoms with E-state index in [2.05, 4.69) is 35.7 Å². The molecule has 0 spiro atoms. The van der Waals surface area contributed by atoms with Gasteiger partial charge in [0.05, 0.1) is 6.42 Å². The monoisotopic (exact) mass is 257 g/mol. The highest BCUT2D eigenvalue weighted by molar-refractivity contribution is 5.67. The minimum Gasteiger partial charge on any atom is -0.481 e. The van der Waals surface area contributed by atoms with Crippen molar-refractivity contribution in [1.82, 2.24) is 14.7 Å². The summed E-state index contributed by atoms with van der Waals surface area (Å²) in [6.07, 6.45) is 0.238. The third-order valence-electron chi connectivity index (χ3n) is 3.54. The van der Waals surface area contributed by atoms with Gasteiger partial charge in [-0.05, 0) is 27.1 Å². The van der Waals surface area contributed by atoms with Gasteiger partial charge in [0.2, 0.25) is 0 Å². The van der Waals surface area contributed by atoms with Crippen molar-refractivity contribution in [3.05, 3.63) is 0 Å². The lowest BCUT2D eigenvalue weighted by Crippen LogP contribution is -2.42. The predicted molar refractivity (Wildman–Crippen MR) is 72.8 cm³/mol. The van der Waals surface area contributed by atoms with Gasteiger partial charge in [0.15, 0.2) is 0 Å². The first kappa shape index (κ1) is 15.4. The summed E-state index contributed by atoms with van der Waals surface area (Å²) in [6, 6.07) is 0.134. The molecular formula is C13H27N3O2. The smallest absolute Gasteiger partial charge is 0.304 e. The summed E-state index contributed by atoms with van der Waals surface area (Å²) < 4.78 is 0. The highest BCUT2D eigenvalue weighted by atomic mass is 16.4. The average molecular weight is 257 g/mol. The number of rotatable bonds is 5. The Hall–Kier alpha value is -0.650. The molecule has 106 valence electrons. The third-order valence-corrected chi connectivity index (χ3v) is 3.54. The topological polar surface area (TPSA) is 47.0 Å². The number of carboxylic acid groups (broad SMARTS) is 1. The van der Waals surface area contributed by atoms with E-state index in [-0.39, 0.29) is 12.5 Å². The molecule has 1 heterocycles. The Morgan fingerprint density at radius 1 is 1.33 bits per heavy atom. The van der Waals surface area contributed by atoms with Gasteiger partial charge in [-0.25, -0.2) is 0 Å². The lowest BCUT2D eigenvalue weighted by Gasteiger charge is -2.28. The first-order chi connectivity index (χ1) is 8.38. The highest BCUT2D eigenvalue weighted by Gasteiger charge is 2.27. The molecule has 0 aromatic rings. The number of aliphatic carboxylic acids is 1. The molecule has 0 aromatic carbocycles. The summed E-state index contributed by atoms with van der Waals surface area (Å²) in [5, 5.41) is 8.99. The van der Waals surface area contributed by atoms with Crippen molar-refractivity contribution in [1.29, 1.82) is 0 Å². The van der Waals surface area contributed by atoms with E-state index in [1.807, 2.05) is 7.05 Å². The van der Waals surface area contributed by atoms with Crippen molar-refractivity contribution in [2.45, 2.75) is 19.4 Å². The van der Waals surface area contributed by atoms with E-state index in [9.17, 15) is 4.79 Å². The van der Waals surface area contributed by atoms with E-state index in [0.717, 1.165) is 32.7 Å². The summed E-state index contributed by atoms with van der Waals surface area (Å²) in [5.41, 5.74) is 0. The van der Waals surface area contributed by atoms with Gasteiger partial charge in [0.1, 0.15) is 0 Å². The summed E-state index contributed by atoms with van der Waals surface area (Å²) in [5.74, 6) is -0.107. The average Bonchev–Trinajstić information content (AvgIpc) is 2.35. The Morgan fingerprint density at radius 2 is 2.00 bits per heavy atom. The predicted octanol–water partition coefficient (Wildman–Crippen LogP) is 0.275. The standard InChI is InChI=1S/C13H27N3O2/c1-11-8-15(4)12(7-13(17)18)10-16(9-11)6-5-14(2)3/h11-12H,5-10H2,1-4H3,(H,17,18). The van der Waals surface area contributed by atoms with Gasteiger partial charge in [0, 0.05) is 38.8 Å². The van der Waals surface area contributed by atoms with Crippen LogP contribution in [-0.4, -0.2) is 85.7 Å². The summed E-state index contributed by atoms with van der Waals surface area (Å²) in [6.45, 7) is 7.19. The summed E-state index contributed by atoms with van der Waals surface area (Å²) in [7, 11) is 6.18. The van der Waals surface area contributed by atoms with Crippen LogP contribution in [0.15, 0.2) is 0 Å². The van der Waals surface area contributed by atoms with Gasteiger partial charge in [-0.2, -0.15) is 0 Å². The van der Waals surface area contributed by atoms with Gasteiger partial charge >= 0.3 is 5.97 Å². The Labute approximate surface area is 110 Å². The molecule has 1 saturated heterocycles. The second kappa shape index (κ2) is 7.07. The van der Waals surface area contributed by atoms with Gasteiger partial charge < -0.3 is 19.8 Å². The summed E-state index contributed by atoms with van der Waals surface area (Å²) >= 11 is 0. The van der Waals surface area contributed by atoms with E-state index < -0.39 is 5.97 Å². The van der Waals surface area contributed by atoms with Crippen LogP contribution >= 0.6 is 0 Å². The van der Waals surface area contributed by atoms with Crippen LogP contribution in [0.4, 0.5) is 0 Å². The fourth-order valence-corrected chi connectivity index (χ4v) is 2.60. The maximum Gasteiger partial charge on any atom is 0.304 e. The number of carbonyl (C=O) groups is 1. The molecule has 1 fully saturated rings. The second-order valence-electron chi connectivity index (χ2n) is 5.86. The van der Waals surface area contributed by atoms with Gasteiger partial charge in [-0.3, -0.25) is 4.79 Å². The third kappa shape index (κ3) is 5.33. The molecule has 0 aliphatic carbocycles. The van der Waals surface area contributed by atoms with Gasteiger partial charge in [0.25, 0.3) is 0 Å². The van der Waals surface area contributed by atoms with E-state index in [0.29, 0.717) is 5.92 Å². The quantitative estimate of drug-likeness (QED) is 0.766. The molecule has 2 atom stereocenters. The Balaban J connectivity index is 2.59. The van der Waals surface area contributed by atoms with Crippen molar-refractivity contribution < 1.29 is 9.90 Å². The van der Waals surface area contributed by atoms with Gasteiger partial charge in [-0.1, -0.05) is 6.92 Å². The number of hydrogen-bond donors (Lipinski definition) is 1. The molecule has 5 nitrogen and oxygen atoms in total. The molecule has 0 bridgehead atoms. The molecule has 1 rings (SSSR count). The van der Waals surface area contributed by atoms with Crippen molar-refractivity contribution in [3.63, 3.8) is 0 Å². The fourth-order valence-electron chi connectivity index (χ4n) is 2.60. The van der Waals surface area contributed by atoms with Crippen molar-refractivity contribution in [3.8, 4) is 0 Å². The SMILES string of the molecule is CC1CN(CCN(C)C)CC(CC(=O)O)N(C)C1. The lowest BCUT2D eigenvalue weighted by molar-refractivity contribution is -0.138. The van der Waals surface area contributed by atoms with Crippen LogP contribution in [0, 0.1) is 5.92 Å². The number of carboxylic acids is 1. The Morgan fingerprint density at radius 3 is 2.56 bits per heavy atom. The normalized spacial score (nSPS) is 27.4. The molecule has 0 aromatic heterocycles.